The molecule has 0 aliphatic heterocycles. The molecule has 0 aliphatic carbocycles. The first kappa shape index (κ1) is 22.6. The molecular formula is C26H18I2N2O2. The molecule has 3 aromatic carbocycles. The van der Waals surface area contributed by atoms with Crippen molar-refractivity contribution in [1.29, 1.82) is 5.26 Å². The van der Waals surface area contributed by atoms with Crippen molar-refractivity contribution < 1.29 is 9.52 Å². The molecule has 4 rings (SSSR count). The molecule has 0 fully saturated rings. The third kappa shape index (κ3) is 4.59. The average molecular weight is 644 g/mol. The van der Waals surface area contributed by atoms with E-state index in [-0.39, 0.29) is 11.6 Å². The van der Waals surface area contributed by atoms with E-state index in [0.29, 0.717) is 11.3 Å². The van der Waals surface area contributed by atoms with Crippen molar-refractivity contribution in [3.05, 3.63) is 90.1 Å². The van der Waals surface area contributed by atoms with Crippen LogP contribution in [-0.2, 0) is 0 Å². The second kappa shape index (κ2) is 9.46. The number of phenols is 1. The molecule has 0 unspecified atom stereocenters. The summed E-state index contributed by atoms with van der Waals surface area (Å²) in [6.07, 6.45) is 1.65. The van der Waals surface area contributed by atoms with Gasteiger partial charge in [-0.15, -0.1) is 0 Å². The lowest BCUT2D eigenvalue weighted by Gasteiger charge is -2.05. The van der Waals surface area contributed by atoms with Crippen LogP contribution in [0.3, 0.4) is 0 Å². The van der Waals surface area contributed by atoms with E-state index in [2.05, 4.69) is 56.2 Å². The minimum Gasteiger partial charge on any atom is -0.506 e. The summed E-state index contributed by atoms with van der Waals surface area (Å²) in [5.41, 5.74) is 6.02. The Balaban J connectivity index is 1.88. The Morgan fingerprint density at radius 2 is 1.44 bits per heavy atom. The molecule has 4 nitrogen and oxygen atoms in total. The molecule has 0 saturated carbocycles. The standard InChI is InChI=1S/C26H18I2N2O2/c1-15-3-7-18(8-4-15)23-20(13-29)26(32-25(23)19-9-5-16(2)6-10-19)30-14-17-11-21(27)24(31)22(28)12-17/h3-12,14,31H,1-2H3. The Kier molecular flexibility index (Phi) is 6.67. The predicted molar refractivity (Wildman–Crippen MR) is 145 cm³/mol. The van der Waals surface area contributed by atoms with Crippen molar-refractivity contribution in [3.8, 4) is 34.3 Å². The zero-order valence-corrected chi connectivity index (χ0v) is 21.7. The molecule has 1 aromatic heterocycles. The zero-order chi connectivity index (χ0) is 22.8. The van der Waals surface area contributed by atoms with Gasteiger partial charge in [0.15, 0.2) is 0 Å². The van der Waals surface area contributed by atoms with Crippen molar-refractivity contribution in [2.45, 2.75) is 13.8 Å². The quantitative estimate of drug-likeness (QED) is 0.182. The van der Waals surface area contributed by atoms with Crippen LogP contribution in [0.1, 0.15) is 22.3 Å². The van der Waals surface area contributed by atoms with E-state index in [9.17, 15) is 10.4 Å². The van der Waals surface area contributed by atoms with Gasteiger partial charge < -0.3 is 9.52 Å². The van der Waals surface area contributed by atoms with Gasteiger partial charge in [-0.1, -0.05) is 59.7 Å². The van der Waals surface area contributed by atoms with Crippen molar-refractivity contribution in [2.24, 2.45) is 4.99 Å². The van der Waals surface area contributed by atoms with E-state index in [4.69, 9.17) is 4.42 Å². The third-order valence-electron chi connectivity index (χ3n) is 5.03. The molecule has 0 spiro atoms. The molecule has 0 aliphatic rings. The molecule has 32 heavy (non-hydrogen) atoms. The van der Waals surface area contributed by atoms with Gasteiger partial charge in [-0.2, -0.15) is 5.26 Å². The summed E-state index contributed by atoms with van der Waals surface area (Å²) >= 11 is 4.16. The van der Waals surface area contributed by atoms with Crippen molar-refractivity contribution in [2.75, 3.05) is 0 Å². The summed E-state index contributed by atoms with van der Waals surface area (Å²) in [6.45, 7) is 4.06. The largest absolute Gasteiger partial charge is 0.506 e. The van der Waals surface area contributed by atoms with Gasteiger partial charge in [0.1, 0.15) is 23.1 Å². The lowest BCUT2D eigenvalue weighted by atomic mass is 9.97. The monoisotopic (exact) mass is 644 g/mol. The highest BCUT2D eigenvalue weighted by Gasteiger charge is 2.22. The fraction of sp³-hybridized carbons (Fsp3) is 0.0769. The number of phenolic OH excluding ortho intramolecular Hbond substituents is 1. The summed E-state index contributed by atoms with van der Waals surface area (Å²) in [7, 11) is 0. The number of hydrogen-bond donors (Lipinski definition) is 1. The number of nitriles is 1. The highest BCUT2D eigenvalue weighted by molar-refractivity contribution is 14.1. The third-order valence-corrected chi connectivity index (χ3v) is 6.67. The maximum Gasteiger partial charge on any atom is 0.238 e. The van der Waals surface area contributed by atoms with E-state index in [1.165, 1.54) is 0 Å². The summed E-state index contributed by atoms with van der Waals surface area (Å²) < 4.78 is 7.65. The molecular weight excluding hydrogens is 626 g/mol. The zero-order valence-electron chi connectivity index (χ0n) is 17.4. The minimum atomic E-state index is 0.252. The van der Waals surface area contributed by atoms with E-state index in [1.807, 2.05) is 74.5 Å². The maximum atomic E-state index is 10.0. The first-order chi connectivity index (χ1) is 15.4. The highest BCUT2D eigenvalue weighted by atomic mass is 127. The average Bonchev–Trinajstić information content (AvgIpc) is 3.15. The molecule has 0 amide bonds. The molecule has 4 aromatic rings. The molecule has 6 heteroatoms. The number of furan rings is 1. The lowest BCUT2D eigenvalue weighted by molar-refractivity contribution is 0.467. The fourth-order valence-corrected chi connectivity index (χ4v) is 5.13. The molecule has 0 bridgehead atoms. The number of aliphatic imine (C=N–C) groups is 1. The van der Waals surface area contributed by atoms with Gasteiger partial charge in [0.2, 0.25) is 5.88 Å². The van der Waals surface area contributed by atoms with E-state index in [0.717, 1.165) is 40.5 Å². The van der Waals surface area contributed by atoms with Gasteiger partial charge >= 0.3 is 0 Å². The summed E-state index contributed by atoms with van der Waals surface area (Å²) in [4.78, 5) is 4.52. The van der Waals surface area contributed by atoms with Gasteiger partial charge in [-0.25, -0.2) is 4.99 Å². The summed E-state index contributed by atoms with van der Waals surface area (Å²) in [5.74, 6) is 1.13. The number of nitrogens with zero attached hydrogens (tertiary/aromatic N) is 2. The van der Waals surface area contributed by atoms with Crippen molar-refractivity contribution >= 4 is 57.3 Å². The van der Waals surface area contributed by atoms with Crippen LogP contribution in [-0.4, -0.2) is 11.3 Å². The van der Waals surface area contributed by atoms with Crippen molar-refractivity contribution in [1.82, 2.24) is 0 Å². The Bertz CT molecular complexity index is 1340. The van der Waals surface area contributed by atoms with E-state index < -0.39 is 0 Å². The molecule has 1 heterocycles. The smallest absolute Gasteiger partial charge is 0.238 e. The summed E-state index contributed by atoms with van der Waals surface area (Å²) in [6, 6.07) is 22.0. The first-order valence-corrected chi connectivity index (χ1v) is 12.0. The van der Waals surface area contributed by atoms with Gasteiger partial charge in [0.05, 0.1) is 7.14 Å². The molecule has 158 valence electrons. The molecule has 0 atom stereocenters. The Hall–Kier alpha value is -2.64. The minimum absolute atomic E-state index is 0.252. The van der Waals surface area contributed by atoms with Crippen LogP contribution < -0.4 is 0 Å². The van der Waals surface area contributed by atoms with E-state index >= 15 is 0 Å². The van der Waals surface area contributed by atoms with E-state index in [1.54, 1.807) is 6.21 Å². The normalized spacial score (nSPS) is 11.1. The van der Waals surface area contributed by atoms with Crippen LogP contribution in [0.15, 0.2) is 70.1 Å². The summed E-state index contributed by atoms with van der Waals surface area (Å²) in [5, 5.41) is 20.0. The van der Waals surface area contributed by atoms with Crippen LogP contribution in [0.2, 0.25) is 0 Å². The molecule has 0 radical (unpaired) electrons. The van der Waals surface area contributed by atoms with Crippen LogP contribution >= 0.6 is 45.2 Å². The SMILES string of the molecule is Cc1ccc(-c2oc(N=Cc3cc(I)c(O)c(I)c3)c(C#N)c2-c2ccc(C)cc2)cc1. The topological polar surface area (TPSA) is 69.5 Å². The Labute approximate surface area is 213 Å². The lowest BCUT2D eigenvalue weighted by Crippen LogP contribution is -1.87. The second-order valence-electron chi connectivity index (χ2n) is 7.42. The predicted octanol–water partition coefficient (Wildman–Crippen LogP) is 7.77. The van der Waals surface area contributed by atoms with Gasteiger partial charge in [0.25, 0.3) is 0 Å². The van der Waals surface area contributed by atoms with Crippen LogP contribution in [0, 0.1) is 32.3 Å². The number of rotatable bonds is 4. The Morgan fingerprint density at radius 3 is 1.97 bits per heavy atom. The fourth-order valence-electron chi connectivity index (χ4n) is 3.31. The number of aromatic hydroxyl groups is 1. The maximum absolute atomic E-state index is 10.0. The molecule has 1 N–H and O–H groups in total. The van der Waals surface area contributed by atoms with Crippen LogP contribution in [0.5, 0.6) is 5.75 Å². The highest BCUT2D eigenvalue weighted by Crippen LogP contribution is 2.42. The van der Waals surface area contributed by atoms with Crippen LogP contribution in [0.4, 0.5) is 5.88 Å². The number of hydrogen-bond acceptors (Lipinski definition) is 4. The van der Waals surface area contributed by atoms with Gasteiger partial charge in [-0.3, -0.25) is 0 Å². The van der Waals surface area contributed by atoms with Crippen LogP contribution in [0.25, 0.3) is 22.5 Å². The van der Waals surface area contributed by atoms with Gasteiger partial charge in [0, 0.05) is 17.3 Å². The molecule has 0 saturated heterocycles. The second-order valence-corrected chi connectivity index (χ2v) is 9.75. The van der Waals surface area contributed by atoms with Gasteiger partial charge in [-0.05, 0) is 82.3 Å². The number of aryl methyl sites for hydroxylation is 2. The van der Waals surface area contributed by atoms with Crippen molar-refractivity contribution in [3.63, 3.8) is 0 Å². The Morgan fingerprint density at radius 1 is 0.906 bits per heavy atom. The first-order valence-electron chi connectivity index (χ1n) is 9.80. The number of benzene rings is 3. The number of halogens is 2.